The second-order valence-electron chi connectivity index (χ2n) is 5.91. The predicted octanol–water partition coefficient (Wildman–Crippen LogP) is 2.90. The minimum Gasteiger partial charge on any atom is -0.359 e. The Morgan fingerprint density at radius 1 is 1.29 bits per heavy atom. The van der Waals surface area contributed by atoms with Crippen LogP contribution in [-0.2, 0) is 16.6 Å². The van der Waals surface area contributed by atoms with Gasteiger partial charge in [-0.15, -0.1) is 35.3 Å². The molecule has 158 valence electrons. The molecule has 0 unspecified atom stereocenters. The molecular formula is C17H28IN5O3S2. The van der Waals surface area contributed by atoms with Gasteiger partial charge >= 0.3 is 0 Å². The largest absolute Gasteiger partial charge is 0.359 e. The first kappa shape index (κ1) is 24.9. The predicted molar refractivity (Wildman–Crippen MR) is 123 cm³/mol. The maximum atomic E-state index is 12.0. The zero-order valence-electron chi connectivity index (χ0n) is 16.3. The number of rotatable bonds is 10. The van der Waals surface area contributed by atoms with E-state index < -0.39 is 10.0 Å². The molecule has 0 aromatic carbocycles. The molecule has 2 aromatic rings. The van der Waals surface area contributed by atoms with E-state index in [0.29, 0.717) is 29.2 Å². The van der Waals surface area contributed by atoms with E-state index >= 15 is 0 Å². The molecule has 0 bridgehead atoms. The Morgan fingerprint density at radius 3 is 2.64 bits per heavy atom. The van der Waals surface area contributed by atoms with Crippen molar-refractivity contribution in [2.24, 2.45) is 4.99 Å². The molecule has 28 heavy (non-hydrogen) atoms. The van der Waals surface area contributed by atoms with Gasteiger partial charge < -0.3 is 15.2 Å². The SMILES string of the molecule is CCC(CC)c1cc(CNC(=NC)NCCNS(=O)(=O)c2cccs2)on1.I. The fourth-order valence-electron chi connectivity index (χ4n) is 2.56. The number of guanidine groups is 1. The summed E-state index contributed by atoms with van der Waals surface area (Å²) in [6.07, 6.45) is 2.06. The van der Waals surface area contributed by atoms with Gasteiger partial charge in [0.15, 0.2) is 11.7 Å². The van der Waals surface area contributed by atoms with E-state index in [-0.39, 0.29) is 30.5 Å². The van der Waals surface area contributed by atoms with Crippen LogP contribution in [0.25, 0.3) is 0 Å². The smallest absolute Gasteiger partial charge is 0.250 e. The minimum atomic E-state index is -3.44. The number of nitrogens with one attached hydrogen (secondary N) is 3. The van der Waals surface area contributed by atoms with Crippen LogP contribution in [0.3, 0.4) is 0 Å². The van der Waals surface area contributed by atoms with Crippen LogP contribution in [-0.4, -0.2) is 39.7 Å². The molecule has 8 nitrogen and oxygen atoms in total. The molecule has 2 aromatic heterocycles. The van der Waals surface area contributed by atoms with Gasteiger partial charge in [0.25, 0.3) is 0 Å². The van der Waals surface area contributed by atoms with E-state index in [9.17, 15) is 8.42 Å². The summed E-state index contributed by atoms with van der Waals surface area (Å²) in [5, 5.41) is 12.1. The monoisotopic (exact) mass is 541 g/mol. The van der Waals surface area contributed by atoms with Crippen molar-refractivity contribution in [2.75, 3.05) is 20.1 Å². The summed E-state index contributed by atoms with van der Waals surface area (Å²) in [7, 11) is -1.79. The van der Waals surface area contributed by atoms with E-state index in [1.807, 2.05) is 6.07 Å². The van der Waals surface area contributed by atoms with Gasteiger partial charge in [0.2, 0.25) is 10.0 Å². The summed E-state index contributed by atoms with van der Waals surface area (Å²) in [5.74, 6) is 1.71. The van der Waals surface area contributed by atoms with Crippen molar-refractivity contribution in [1.82, 2.24) is 20.5 Å². The Bertz CT molecular complexity index is 818. The Labute approximate surface area is 187 Å². The van der Waals surface area contributed by atoms with Crippen LogP contribution in [0.1, 0.15) is 44.1 Å². The summed E-state index contributed by atoms with van der Waals surface area (Å²) in [6, 6.07) is 5.25. The lowest BCUT2D eigenvalue weighted by atomic mass is 9.99. The lowest BCUT2D eigenvalue weighted by Crippen LogP contribution is -2.41. The molecule has 0 spiro atoms. The second kappa shape index (κ2) is 12.4. The summed E-state index contributed by atoms with van der Waals surface area (Å²) < 4.78 is 32.3. The first-order valence-electron chi connectivity index (χ1n) is 8.93. The van der Waals surface area contributed by atoms with Gasteiger partial charge in [0.1, 0.15) is 4.21 Å². The van der Waals surface area contributed by atoms with E-state index in [1.54, 1.807) is 24.6 Å². The number of thiophene rings is 1. The van der Waals surface area contributed by atoms with Crippen molar-refractivity contribution in [2.45, 2.75) is 43.4 Å². The molecule has 2 heterocycles. The Balaban J connectivity index is 0.00000392. The summed E-state index contributed by atoms with van der Waals surface area (Å²) in [6.45, 7) is 5.38. The number of hydrogen-bond acceptors (Lipinski definition) is 6. The van der Waals surface area contributed by atoms with Crippen molar-refractivity contribution in [1.29, 1.82) is 0 Å². The standard InChI is InChI=1S/C17H27N5O3S2.HI/c1-4-13(5-2)15-11-14(25-22-15)12-20-17(18-3)19-8-9-21-27(23,24)16-7-6-10-26-16;/h6-7,10-11,13,21H,4-5,8-9,12H2,1-3H3,(H2,18,19,20);1H. The van der Waals surface area contributed by atoms with Crippen molar-refractivity contribution < 1.29 is 12.9 Å². The first-order valence-corrected chi connectivity index (χ1v) is 11.3. The lowest BCUT2D eigenvalue weighted by molar-refractivity contribution is 0.368. The first-order chi connectivity index (χ1) is 13.0. The third-order valence-corrected chi connectivity index (χ3v) is 6.96. The van der Waals surface area contributed by atoms with Crippen LogP contribution in [0.15, 0.2) is 37.3 Å². The van der Waals surface area contributed by atoms with Crippen molar-refractivity contribution in [3.63, 3.8) is 0 Å². The summed E-state index contributed by atoms with van der Waals surface area (Å²) in [5.41, 5.74) is 0.975. The number of hydrogen-bond donors (Lipinski definition) is 3. The average Bonchev–Trinajstić information content (AvgIpc) is 3.35. The molecule has 0 fully saturated rings. The highest BCUT2D eigenvalue weighted by atomic mass is 127. The summed E-state index contributed by atoms with van der Waals surface area (Å²) in [4.78, 5) is 4.12. The Kier molecular flexibility index (Phi) is 11.0. The molecule has 0 radical (unpaired) electrons. The quantitative estimate of drug-likeness (QED) is 0.185. The molecule has 0 amide bonds. The van der Waals surface area contributed by atoms with Crippen LogP contribution in [0.2, 0.25) is 0 Å². The maximum absolute atomic E-state index is 12.0. The van der Waals surface area contributed by atoms with Gasteiger partial charge in [0.05, 0.1) is 12.2 Å². The molecule has 0 atom stereocenters. The molecule has 0 aliphatic heterocycles. The third-order valence-electron chi connectivity index (χ3n) is 4.10. The number of halogens is 1. The van der Waals surface area contributed by atoms with Crippen molar-refractivity contribution >= 4 is 51.3 Å². The number of nitrogens with zero attached hydrogens (tertiary/aromatic N) is 2. The van der Waals surface area contributed by atoms with E-state index in [2.05, 4.69) is 39.4 Å². The molecule has 0 saturated heterocycles. The maximum Gasteiger partial charge on any atom is 0.250 e. The average molecular weight is 541 g/mol. The van der Waals surface area contributed by atoms with Crippen LogP contribution in [0.4, 0.5) is 0 Å². The topological polar surface area (TPSA) is 109 Å². The molecule has 0 saturated carbocycles. The third kappa shape index (κ3) is 7.33. The molecule has 2 rings (SSSR count). The van der Waals surface area contributed by atoms with Crippen LogP contribution < -0.4 is 15.4 Å². The summed E-state index contributed by atoms with van der Waals surface area (Å²) >= 11 is 1.19. The molecule has 0 aliphatic carbocycles. The van der Waals surface area contributed by atoms with Crippen LogP contribution >= 0.6 is 35.3 Å². The normalized spacial score (nSPS) is 12.1. The zero-order chi connectivity index (χ0) is 19.7. The van der Waals surface area contributed by atoms with Gasteiger partial charge in [0, 0.05) is 32.1 Å². The highest BCUT2D eigenvalue weighted by molar-refractivity contribution is 14.0. The second-order valence-corrected chi connectivity index (χ2v) is 8.86. The van der Waals surface area contributed by atoms with Crippen molar-refractivity contribution in [3.8, 4) is 0 Å². The number of aromatic nitrogens is 1. The lowest BCUT2D eigenvalue weighted by Gasteiger charge is -2.11. The minimum absolute atomic E-state index is 0. The van der Waals surface area contributed by atoms with Gasteiger partial charge in [-0.2, -0.15) is 0 Å². The van der Waals surface area contributed by atoms with Crippen LogP contribution in [0.5, 0.6) is 0 Å². The molecule has 0 aliphatic rings. The fourth-order valence-corrected chi connectivity index (χ4v) is 4.63. The van der Waals surface area contributed by atoms with E-state index in [0.717, 1.165) is 24.3 Å². The van der Waals surface area contributed by atoms with E-state index in [1.165, 1.54) is 11.3 Å². The van der Waals surface area contributed by atoms with E-state index in [4.69, 9.17) is 4.52 Å². The zero-order valence-corrected chi connectivity index (χ0v) is 20.2. The van der Waals surface area contributed by atoms with Crippen molar-refractivity contribution in [3.05, 3.63) is 35.0 Å². The van der Waals surface area contributed by atoms with Gasteiger partial charge in [-0.05, 0) is 24.3 Å². The number of sulfonamides is 1. The fraction of sp³-hybridized carbons (Fsp3) is 0.529. The van der Waals surface area contributed by atoms with Gasteiger partial charge in [-0.25, -0.2) is 13.1 Å². The molecular weight excluding hydrogens is 513 g/mol. The highest BCUT2D eigenvalue weighted by Gasteiger charge is 2.14. The van der Waals surface area contributed by atoms with Gasteiger partial charge in [-0.1, -0.05) is 25.1 Å². The number of aliphatic imine (C=N–C) groups is 1. The highest BCUT2D eigenvalue weighted by Crippen LogP contribution is 2.22. The Hall–Kier alpha value is -1.18. The molecule has 11 heteroatoms. The Morgan fingerprint density at radius 2 is 2.04 bits per heavy atom. The molecule has 3 N–H and O–H groups in total. The van der Waals surface area contributed by atoms with Gasteiger partial charge in [-0.3, -0.25) is 4.99 Å². The van der Waals surface area contributed by atoms with Crippen LogP contribution in [0, 0.1) is 0 Å².